The molecule has 4 aliphatic carbocycles. The van der Waals surface area contributed by atoms with Gasteiger partial charge >= 0.3 is 5.97 Å². The number of hydrogen-bond donors (Lipinski definition) is 0. The van der Waals surface area contributed by atoms with E-state index in [0.29, 0.717) is 16.4 Å². The smallest absolute Gasteiger partial charge is 0.338 e. The lowest BCUT2D eigenvalue weighted by atomic mass is 9.47. The predicted molar refractivity (Wildman–Crippen MR) is 149 cm³/mol. The molecule has 0 spiro atoms. The third kappa shape index (κ3) is 4.71. The van der Waals surface area contributed by atoms with Gasteiger partial charge in [0.05, 0.1) is 5.56 Å². The molecule has 4 aliphatic rings. The summed E-state index contributed by atoms with van der Waals surface area (Å²) in [6, 6.07) is 9.49. The van der Waals surface area contributed by atoms with Crippen molar-refractivity contribution in [2.24, 2.45) is 46.3 Å². The van der Waals surface area contributed by atoms with E-state index in [0.717, 1.165) is 48.3 Å². The van der Waals surface area contributed by atoms with Gasteiger partial charge in [-0.05, 0) is 103 Å². The number of benzene rings is 1. The van der Waals surface area contributed by atoms with E-state index in [4.69, 9.17) is 4.74 Å². The number of esters is 1. The first kappa shape index (κ1) is 26.1. The molecule has 198 valence electrons. The quantitative estimate of drug-likeness (QED) is 0.281. The maximum atomic E-state index is 12.7. The lowest BCUT2D eigenvalue weighted by Gasteiger charge is -2.58. The second-order valence-electron chi connectivity index (χ2n) is 13.9. The molecule has 0 unspecified atom stereocenters. The van der Waals surface area contributed by atoms with Crippen LogP contribution in [0, 0.1) is 46.3 Å². The highest BCUT2D eigenvalue weighted by Gasteiger charge is 2.59. The van der Waals surface area contributed by atoms with Gasteiger partial charge in [-0.25, -0.2) is 4.79 Å². The lowest BCUT2D eigenvalue weighted by Crippen LogP contribution is -2.51. The fraction of sp³-hybridized carbons (Fsp3) is 0.735. The monoisotopic (exact) mass is 490 g/mol. The summed E-state index contributed by atoms with van der Waals surface area (Å²) in [5.74, 6) is 5.03. The summed E-state index contributed by atoms with van der Waals surface area (Å²) in [4.78, 5) is 12.7. The third-order valence-corrected chi connectivity index (χ3v) is 11.5. The number of ether oxygens (including phenoxy) is 1. The zero-order valence-electron chi connectivity index (χ0n) is 23.6. The van der Waals surface area contributed by atoms with Gasteiger partial charge in [0.15, 0.2) is 0 Å². The summed E-state index contributed by atoms with van der Waals surface area (Å²) < 4.78 is 6.00. The second-order valence-corrected chi connectivity index (χ2v) is 13.9. The zero-order valence-corrected chi connectivity index (χ0v) is 23.6. The van der Waals surface area contributed by atoms with Gasteiger partial charge in [0, 0.05) is 6.42 Å². The second kappa shape index (κ2) is 10.3. The number of hydrogen-bond acceptors (Lipinski definition) is 2. The molecule has 36 heavy (non-hydrogen) atoms. The Hall–Kier alpha value is -1.57. The molecule has 0 bridgehead atoms. The van der Waals surface area contributed by atoms with Crippen molar-refractivity contribution in [3.8, 4) is 0 Å². The van der Waals surface area contributed by atoms with Gasteiger partial charge < -0.3 is 4.74 Å². The Labute approximate surface area is 220 Å². The van der Waals surface area contributed by atoms with Gasteiger partial charge in [-0.2, -0.15) is 0 Å². The first-order valence-corrected chi connectivity index (χ1v) is 15.2. The van der Waals surface area contributed by atoms with Gasteiger partial charge in [-0.1, -0.05) is 83.7 Å². The Morgan fingerprint density at radius 1 is 0.972 bits per heavy atom. The van der Waals surface area contributed by atoms with E-state index < -0.39 is 0 Å². The topological polar surface area (TPSA) is 26.3 Å². The number of fused-ring (bicyclic) bond motifs is 5. The molecule has 1 aromatic rings. The normalized spacial score (nSPS) is 38.5. The molecule has 0 aromatic heterocycles. The molecule has 1 aromatic carbocycles. The Morgan fingerprint density at radius 3 is 2.50 bits per heavy atom. The van der Waals surface area contributed by atoms with Gasteiger partial charge in [-0.15, -0.1) is 0 Å². The van der Waals surface area contributed by atoms with Crippen LogP contribution in [0.4, 0.5) is 0 Å². The molecule has 0 N–H and O–H groups in total. The minimum Gasteiger partial charge on any atom is -0.458 e. The maximum Gasteiger partial charge on any atom is 0.338 e. The van der Waals surface area contributed by atoms with Gasteiger partial charge in [0.1, 0.15) is 6.10 Å². The fourth-order valence-electron chi connectivity index (χ4n) is 9.55. The third-order valence-electron chi connectivity index (χ3n) is 11.5. The molecular formula is C34H50O2. The number of rotatable bonds is 7. The van der Waals surface area contributed by atoms with E-state index in [1.807, 2.05) is 30.3 Å². The highest BCUT2D eigenvalue weighted by molar-refractivity contribution is 5.89. The van der Waals surface area contributed by atoms with Crippen LogP contribution in [-0.2, 0) is 4.74 Å². The Morgan fingerprint density at radius 2 is 1.75 bits per heavy atom. The van der Waals surface area contributed by atoms with Crippen molar-refractivity contribution in [2.75, 3.05) is 0 Å². The molecule has 0 aliphatic heterocycles. The molecule has 5 rings (SSSR count). The van der Waals surface area contributed by atoms with Crippen LogP contribution < -0.4 is 0 Å². The Kier molecular flexibility index (Phi) is 7.45. The SMILES string of the molecule is CC(C)CCC[C@@H](C)[C@H]1CC[C@@H]2[C@@H]3CC=C4C[C@H](OC(=O)c5ccccc5)CC[C@]4(C)[C@@H]3CC[C@@]21C. The minimum atomic E-state index is -0.161. The van der Waals surface area contributed by atoms with Gasteiger partial charge in [0.2, 0.25) is 0 Å². The number of allylic oxidation sites excluding steroid dienone is 1. The molecule has 3 fully saturated rings. The van der Waals surface area contributed by atoms with Crippen molar-refractivity contribution >= 4 is 5.97 Å². The molecule has 0 radical (unpaired) electrons. The average Bonchev–Trinajstić information content (AvgIpc) is 3.22. The van der Waals surface area contributed by atoms with Crippen molar-refractivity contribution < 1.29 is 9.53 Å². The van der Waals surface area contributed by atoms with Crippen molar-refractivity contribution in [2.45, 2.75) is 111 Å². The van der Waals surface area contributed by atoms with Crippen LogP contribution in [0.2, 0.25) is 0 Å². The summed E-state index contributed by atoms with van der Waals surface area (Å²) in [7, 11) is 0. The average molecular weight is 491 g/mol. The molecule has 0 saturated heterocycles. The van der Waals surface area contributed by atoms with E-state index in [1.165, 1.54) is 57.8 Å². The van der Waals surface area contributed by atoms with E-state index in [2.05, 4.69) is 40.7 Å². The van der Waals surface area contributed by atoms with Crippen molar-refractivity contribution in [1.82, 2.24) is 0 Å². The summed E-state index contributed by atoms with van der Waals surface area (Å²) >= 11 is 0. The summed E-state index contributed by atoms with van der Waals surface area (Å²) in [5.41, 5.74) is 3.12. The van der Waals surface area contributed by atoms with Crippen LogP contribution in [0.15, 0.2) is 42.0 Å². The molecule has 8 atom stereocenters. The molecular weight excluding hydrogens is 440 g/mol. The molecule has 0 heterocycles. The minimum absolute atomic E-state index is 0.0324. The molecule has 3 saturated carbocycles. The van der Waals surface area contributed by atoms with E-state index in [-0.39, 0.29) is 12.1 Å². The largest absolute Gasteiger partial charge is 0.458 e. The van der Waals surface area contributed by atoms with Crippen LogP contribution in [0.1, 0.15) is 116 Å². The first-order chi connectivity index (χ1) is 17.2. The van der Waals surface area contributed by atoms with Gasteiger partial charge in [-0.3, -0.25) is 0 Å². The van der Waals surface area contributed by atoms with Crippen molar-refractivity contribution in [3.63, 3.8) is 0 Å². The van der Waals surface area contributed by atoms with E-state index in [9.17, 15) is 4.79 Å². The van der Waals surface area contributed by atoms with Crippen LogP contribution in [0.5, 0.6) is 0 Å². The van der Waals surface area contributed by atoms with E-state index in [1.54, 1.807) is 5.57 Å². The van der Waals surface area contributed by atoms with Crippen LogP contribution >= 0.6 is 0 Å². The molecule has 2 nitrogen and oxygen atoms in total. The van der Waals surface area contributed by atoms with Crippen LogP contribution in [-0.4, -0.2) is 12.1 Å². The van der Waals surface area contributed by atoms with E-state index >= 15 is 0 Å². The summed E-state index contributed by atoms with van der Waals surface area (Å²) in [6.45, 7) is 12.6. The highest BCUT2D eigenvalue weighted by atomic mass is 16.5. The molecule has 2 heteroatoms. The Balaban J connectivity index is 1.25. The predicted octanol–water partition coefficient (Wildman–Crippen LogP) is 9.25. The highest BCUT2D eigenvalue weighted by Crippen LogP contribution is 2.67. The number of carbonyl (C=O) groups excluding carboxylic acids is 1. The fourth-order valence-corrected chi connectivity index (χ4v) is 9.55. The standard InChI is InChI=1S/C34H50O2/c1-23(2)10-9-11-24(3)29-16-17-30-28-15-14-26-22-27(36-32(35)25-12-7-6-8-13-25)18-20-33(26,4)31(28)19-21-34(29,30)5/h6-8,12-14,23-24,27-31H,9-11,15-22H2,1-5H3/t24-,27-,28+,29-,30-,31-,33+,34-/m1/s1. The van der Waals surface area contributed by atoms with Crippen LogP contribution in [0.3, 0.4) is 0 Å². The first-order valence-electron chi connectivity index (χ1n) is 15.2. The van der Waals surface area contributed by atoms with Crippen LogP contribution in [0.25, 0.3) is 0 Å². The Bertz CT molecular complexity index is 947. The molecule has 0 amide bonds. The van der Waals surface area contributed by atoms with Crippen molar-refractivity contribution in [3.05, 3.63) is 47.5 Å². The van der Waals surface area contributed by atoms with Gasteiger partial charge in [0.25, 0.3) is 0 Å². The lowest BCUT2D eigenvalue weighted by molar-refractivity contribution is -0.0594. The zero-order chi connectivity index (χ0) is 25.5. The van der Waals surface area contributed by atoms with Crippen molar-refractivity contribution in [1.29, 1.82) is 0 Å². The summed E-state index contributed by atoms with van der Waals surface area (Å²) in [6.07, 6.45) is 17.0. The number of carbonyl (C=O) groups is 1. The summed E-state index contributed by atoms with van der Waals surface area (Å²) in [5, 5.41) is 0. The maximum absolute atomic E-state index is 12.7.